The SMILES string of the molecule is CC1(C)CC(=O)C2=C(C1)Nc1cc(C(=O)c3ccccc3)ccc1N1C(=O)c3ccccc3[C@H]21. The Morgan fingerprint density at radius 3 is 2.44 bits per heavy atom. The Morgan fingerprint density at radius 2 is 1.65 bits per heavy atom. The van der Waals surface area contributed by atoms with Crippen LogP contribution in [-0.4, -0.2) is 17.5 Å². The Hall–Kier alpha value is -3.99. The van der Waals surface area contributed by atoms with Crippen molar-refractivity contribution in [2.24, 2.45) is 5.41 Å². The lowest BCUT2D eigenvalue weighted by molar-refractivity contribution is -0.118. The molecule has 3 aliphatic rings. The highest BCUT2D eigenvalue weighted by Crippen LogP contribution is 2.51. The Balaban J connectivity index is 1.55. The Kier molecular flexibility index (Phi) is 4.40. The summed E-state index contributed by atoms with van der Waals surface area (Å²) in [4.78, 5) is 41.9. The molecule has 2 aliphatic heterocycles. The summed E-state index contributed by atoms with van der Waals surface area (Å²) in [7, 11) is 0. The second kappa shape index (κ2) is 7.26. The van der Waals surface area contributed by atoms with Crippen LogP contribution in [0.5, 0.6) is 0 Å². The van der Waals surface area contributed by atoms with Gasteiger partial charge in [-0.15, -0.1) is 0 Å². The highest BCUT2D eigenvalue weighted by molar-refractivity contribution is 6.17. The molecule has 0 radical (unpaired) electrons. The van der Waals surface area contributed by atoms with Gasteiger partial charge in [0.05, 0.1) is 17.4 Å². The van der Waals surface area contributed by atoms with Gasteiger partial charge >= 0.3 is 0 Å². The zero-order chi connectivity index (χ0) is 23.6. The first-order valence-electron chi connectivity index (χ1n) is 11.5. The van der Waals surface area contributed by atoms with Crippen LogP contribution in [-0.2, 0) is 4.79 Å². The van der Waals surface area contributed by atoms with Crippen molar-refractivity contribution in [3.63, 3.8) is 0 Å². The van der Waals surface area contributed by atoms with E-state index in [0.29, 0.717) is 46.5 Å². The van der Waals surface area contributed by atoms with E-state index in [1.807, 2.05) is 48.5 Å². The summed E-state index contributed by atoms with van der Waals surface area (Å²) < 4.78 is 0. The number of fused-ring (bicyclic) bond motifs is 6. The number of Topliss-reactive ketones (excluding diaryl/α,β-unsaturated/α-hetero) is 1. The molecule has 0 aromatic heterocycles. The van der Waals surface area contributed by atoms with Gasteiger partial charge in [0.25, 0.3) is 5.91 Å². The number of benzene rings is 3. The van der Waals surface area contributed by atoms with Gasteiger partial charge in [-0.1, -0.05) is 62.4 Å². The molecule has 0 saturated heterocycles. The van der Waals surface area contributed by atoms with E-state index in [2.05, 4.69) is 19.2 Å². The second-order valence-electron chi connectivity index (χ2n) is 10.1. The first-order valence-corrected chi connectivity index (χ1v) is 11.5. The number of nitrogens with one attached hydrogen (secondary N) is 1. The fraction of sp³-hybridized carbons (Fsp3) is 0.207. The molecule has 2 heterocycles. The standard InChI is InChI=1S/C29H24N2O3/c1-29(2)15-22-25(24(32)16-29)26-19-10-6-7-11-20(19)28(34)31(26)23-13-12-18(14-21(23)30-22)27(33)17-8-4-3-5-9-17/h3-14,26,30H,15-16H2,1-2H3/t26-/m1/s1. The van der Waals surface area contributed by atoms with E-state index in [0.717, 1.165) is 11.3 Å². The Labute approximate surface area is 198 Å². The molecule has 5 nitrogen and oxygen atoms in total. The topological polar surface area (TPSA) is 66.5 Å². The van der Waals surface area contributed by atoms with Crippen LogP contribution in [0.15, 0.2) is 84.1 Å². The van der Waals surface area contributed by atoms with Crippen LogP contribution in [0.4, 0.5) is 11.4 Å². The van der Waals surface area contributed by atoms with Crippen molar-refractivity contribution < 1.29 is 14.4 Å². The summed E-state index contributed by atoms with van der Waals surface area (Å²) in [5.74, 6) is -0.153. The van der Waals surface area contributed by atoms with Crippen LogP contribution < -0.4 is 10.2 Å². The van der Waals surface area contributed by atoms with Gasteiger partial charge in [-0.2, -0.15) is 0 Å². The minimum absolute atomic E-state index is 0.0617. The molecule has 1 N–H and O–H groups in total. The summed E-state index contributed by atoms with van der Waals surface area (Å²) in [6, 6.07) is 21.6. The number of hydrogen-bond acceptors (Lipinski definition) is 4. The average molecular weight is 449 g/mol. The van der Waals surface area contributed by atoms with E-state index in [-0.39, 0.29) is 22.9 Å². The molecule has 1 amide bonds. The minimum atomic E-state index is -0.466. The van der Waals surface area contributed by atoms with Gasteiger partial charge in [0.2, 0.25) is 0 Å². The molecule has 1 atom stereocenters. The average Bonchev–Trinajstić information content (AvgIpc) is 3.01. The van der Waals surface area contributed by atoms with Gasteiger partial charge in [-0.25, -0.2) is 0 Å². The maximum absolute atomic E-state index is 13.6. The summed E-state index contributed by atoms with van der Waals surface area (Å²) in [6.07, 6.45) is 1.12. The highest BCUT2D eigenvalue weighted by atomic mass is 16.2. The number of amides is 1. The minimum Gasteiger partial charge on any atom is -0.357 e. The first kappa shape index (κ1) is 20.6. The molecule has 0 bridgehead atoms. The van der Waals surface area contributed by atoms with E-state index in [1.165, 1.54) is 0 Å². The maximum atomic E-state index is 13.6. The Morgan fingerprint density at radius 1 is 0.912 bits per heavy atom. The molecule has 3 aromatic rings. The van der Waals surface area contributed by atoms with Gasteiger partial charge < -0.3 is 5.32 Å². The van der Waals surface area contributed by atoms with Crippen LogP contribution in [0.3, 0.4) is 0 Å². The molecule has 34 heavy (non-hydrogen) atoms. The third kappa shape index (κ3) is 3.04. The van der Waals surface area contributed by atoms with Crippen molar-refractivity contribution in [2.45, 2.75) is 32.7 Å². The number of allylic oxidation sites excluding steroid dienone is 1. The fourth-order valence-corrected chi connectivity index (χ4v) is 5.52. The number of nitrogens with zero attached hydrogens (tertiary/aromatic N) is 1. The molecule has 6 rings (SSSR count). The van der Waals surface area contributed by atoms with Crippen molar-refractivity contribution in [1.29, 1.82) is 0 Å². The third-order valence-electron chi connectivity index (χ3n) is 7.00. The number of carbonyl (C=O) groups is 3. The quantitative estimate of drug-likeness (QED) is 0.512. The molecular formula is C29H24N2O3. The number of rotatable bonds is 2. The van der Waals surface area contributed by atoms with Crippen LogP contribution in [0.1, 0.15) is 64.6 Å². The molecule has 0 unspecified atom stereocenters. The van der Waals surface area contributed by atoms with E-state index in [9.17, 15) is 14.4 Å². The zero-order valence-corrected chi connectivity index (χ0v) is 19.1. The van der Waals surface area contributed by atoms with Gasteiger partial charge in [0.15, 0.2) is 11.6 Å². The monoisotopic (exact) mass is 448 g/mol. The van der Waals surface area contributed by atoms with Crippen molar-refractivity contribution in [3.05, 3.63) is 106 Å². The molecule has 168 valence electrons. The van der Waals surface area contributed by atoms with Gasteiger partial charge in [0, 0.05) is 34.4 Å². The maximum Gasteiger partial charge on any atom is 0.259 e. The van der Waals surface area contributed by atoms with Crippen LogP contribution in [0.25, 0.3) is 0 Å². The zero-order valence-electron chi connectivity index (χ0n) is 19.1. The molecular weight excluding hydrogens is 424 g/mol. The highest BCUT2D eigenvalue weighted by Gasteiger charge is 2.47. The largest absolute Gasteiger partial charge is 0.357 e. The molecule has 5 heteroatoms. The van der Waals surface area contributed by atoms with Crippen molar-refractivity contribution in [2.75, 3.05) is 10.2 Å². The van der Waals surface area contributed by atoms with Gasteiger partial charge in [0.1, 0.15) is 0 Å². The summed E-state index contributed by atoms with van der Waals surface area (Å²) in [6.45, 7) is 4.17. The number of hydrogen-bond donors (Lipinski definition) is 1. The van der Waals surface area contributed by atoms with Crippen LogP contribution in [0.2, 0.25) is 0 Å². The second-order valence-corrected chi connectivity index (χ2v) is 10.1. The summed E-state index contributed by atoms with van der Waals surface area (Å²) >= 11 is 0. The van der Waals surface area contributed by atoms with E-state index in [1.54, 1.807) is 29.2 Å². The van der Waals surface area contributed by atoms with E-state index in [4.69, 9.17) is 0 Å². The van der Waals surface area contributed by atoms with Crippen LogP contribution >= 0.6 is 0 Å². The predicted octanol–water partition coefficient (Wildman–Crippen LogP) is 5.69. The van der Waals surface area contributed by atoms with Gasteiger partial charge in [-0.3, -0.25) is 19.3 Å². The van der Waals surface area contributed by atoms with Gasteiger partial charge in [-0.05, 0) is 41.7 Å². The Bertz CT molecular complexity index is 1420. The lowest BCUT2D eigenvalue weighted by Gasteiger charge is -2.34. The molecule has 0 saturated carbocycles. The van der Waals surface area contributed by atoms with Crippen molar-refractivity contribution in [1.82, 2.24) is 0 Å². The normalized spacial score (nSPS) is 20.1. The predicted molar refractivity (Wildman–Crippen MR) is 131 cm³/mol. The third-order valence-corrected chi connectivity index (χ3v) is 7.00. The number of carbonyl (C=O) groups excluding carboxylic acids is 3. The van der Waals surface area contributed by atoms with Crippen molar-refractivity contribution >= 4 is 28.8 Å². The lowest BCUT2D eigenvalue weighted by Crippen LogP contribution is -2.34. The summed E-state index contributed by atoms with van der Waals surface area (Å²) in [5.41, 5.74) is 5.25. The smallest absolute Gasteiger partial charge is 0.259 e. The van der Waals surface area contributed by atoms with E-state index >= 15 is 0 Å². The van der Waals surface area contributed by atoms with Crippen LogP contribution in [0, 0.1) is 5.41 Å². The molecule has 3 aromatic carbocycles. The molecule has 0 spiro atoms. The molecule has 0 fully saturated rings. The van der Waals surface area contributed by atoms with E-state index < -0.39 is 6.04 Å². The first-order chi connectivity index (χ1) is 16.3. The number of anilines is 2. The lowest BCUT2D eigenvalue weighted by atomic mass is 9.73. The molecule has 1 aliphatic carbocycles. The summed E-state index contributed by atoms with van der Waals surface area (Å²) in [5, 5.41) is 3.49. The van der Waals surface area contributed by atoms with Crippen molar-refractivity contribution in [3.8, 4) is 0 Å². The fourth-order valence-electron chi connectivity index (χ4n) is 5.52. The number of ketones is 2.